The SMILES string of the molecule is Nc1cccc(-c2nc(-c3cc(Br)ccc3F)cs2)c1. The highest BCUT2D eigenvalue weighted by Gasteiger charge is 2.11. The van der Waals surface area contributed by atoms with E-state index in [1.165, 1.54) is 17.4 Å². The van der Waals surface area contributed by atoms with Gasteiger partial charge in [-0.1, -0.05) is 28.1 Å². The molecule has 2 nitrogen and oxygen atoms in total. The van der Waals surface area contributed by atoms with Gasteiger partial charge in [0, 0.05) is 26.7 Å². The van der Waals surface area contributed by atoms with Gasteiger partial charge in [0.15, 0.2) is 0 Å². The molecule has 0 unspecified atom stereocenters. The lowest BCUT2D eigenvalue weighted by Crippen LogP contribution is -1.86. The molecular formula is C15H10BrFN2S. The van der Waals surface area contributed by atoms with E-state index in [4.69, 9.17) is 5.73 Å². The topological polar surface area (TPSA) is 38.9 Å². The van der Waals surface area contributed by atoms with Crippen LogP contribution in [0, 0.1) is 5.82 Å². The number of hydrogen-bond donors (Lipinski definition) is 1. The largest absolute Gasteiger partial charge is 0.399 e. The van der Waals surface area contributed by atoms with Crippen LogP contribution >= 0.6 is 27.3 Å². The summed E-state index contributed by atoms with van der Waals surface area (Å²) in [5, 5.41) is 2.68. The average Bonchev–Trinajstić information content (AvgIpc) is 2.91. The molecule has 0 spiro atoms. The van der Waals surface area contributed by atoms with Crippen molar-refractivity contribution in [1.82, 2.24) is 4.98 Å². The maximum Gasteiger partial charge on any atom is 0.132 e. The molecule has 20 heavy (non-hydrogen) atoms. The molecule has 1 heterocycles. The first-order valence-corrected chi connectivity index (χ1v) is 7.57. The predicted octanol–water partition coefficient (Wildman–Crippen LogP) is 4.96. The van der Waals surface area contributed by atoms with Crippen LogP contribution in [0.1, 0.15) is 0 Å². The Morgan fingerprint density at radius 3 is 2.80 bits per heavy atom. The van der Waals surface area contributed by atoms with Crippen molar-refractivity contribution in [2.45, 2.75) is 0 Å². The van der Waals surface area contributed by atoms with Crippen LogP contribution in [0.15, 0.2) is 52.3 Å². The molecule has 3 rings (SSSR count). The summed E-state index contributed by atoms with van der Waals surface area (Å²) in [6.07, 6.45) is 0. The molecule has 0 atom stereocenters. The minimum Gasteiger partial charge on any atom is -0.399 e. The number of nitrogens with two attached hydrogens (primary N) is 1. The smallest absolute Gasteiger partial charge is 0.132 e. The number of halogens is 2. The standard InChI is InChI=1S/C15H10BrFN2S/c16-10-4-5-13(17)12(7-10)14-8-20-15(19-14)9-2-1-3-11(18)6-9/h1-8H,18H2. The van der Waals surface area contributed by atoms with Gasteiger partial charge in [-0.3, -0.25) is 0 Å². The number of nitrogen functional groups attached to an aromatic ring is 1. The van der Waals surface area contributed by atoms with E-state index in [1.807, 2.05) is 29.6 Å². The fourth-order valence-electron chi connectivity index (χ4n) is 1.90. The number of thiazole rings is 1. The molecule has 3 aromatic rings. The number of nitrogens with zero attached hydrogens (tertiary/aromatic N) is 1. The maximum atomic E-state index is 13.9. The number of hydrogen-bond acceptors (Lipinski definition) is 3. The Morgan fingerprint density at radius 2 is 2.00 bits per heavy atom. The van der Waals surface area contributed by atoms with Gasteiger partial charge in [0.05, 0.1) is 5.69 Å². The molecular weight excluding hydrogens is 339 g/mol. The maximum absolute atomic E-state index is 13.9. The third kappa shape index (κ3) is 2.59. The molecule has 0 saturated carbocycles. The summed E-state index contributed by atoms with van der Waals surface area (Å²) >= 11 is 4.82. The van der Waals surface area contributed by atoms with Gasteiger partial charge in [0.25, 0.3) is 0 Å². The zero-order chi connectivity index (χ0) is 14.1. The highest BCUT2D eigenvalue weighted by molar-refractivity contribution is 9.10. The fraction of sp³-hybridized carbons (Fsp3) is 0. The summed E-state index contributed by atoms with van der Waals surface area (Å²) in [6.45, 7) is 0. The van der Waals surface area contributed by atoms with Crippen molar-refractivity contribution in [2.24, 2.45) is 0 Å². The minimum absolute atomic E-state index is 0.280. The van der Waals surface area contributed by atoms with Gasteiger partial charge < -0.3 is 5.73 Å². The first kappa shape index (κ1) is 13.3. The molecule has 0 saturated heterocycles. The van der Waals surface area contributed by atoms with Gasteiger partial charge in [0.1, 0.15) is 10.8 Å². The number of rotatable bonds is 2. The molecule has 0 amide bonds. The van der Waals surface area contributed by atoms with Crippen LogP contribution < -0.4 is 5.73 Å². The van der Waals surface area contributed by atoms with Crippen LogP contribution in [0.3, 0.4) is 0 Å². The summed E-state index contributed by atoms with van der Waals surface area (Å²) in [5.74, 6) is -0.280. The Kier molecular flexibility index (Phi) is 3.54. The summed E-state index contributed by atoms with van der Waals surface area (Å²) in [7, 11) is 0. The van der Waals surface area contributed by atoms with Crippen LogP contribution in [0.4, 0.5) is 10.1 Å². The van der Waals surface area contributed by atoms with Crippen LogP contribution in [-0.2, 0) is 0 Å². The highest BCUT2D eigenvalue weighted by Crippen LogP contribution is 2.32. The molecule has 2 N–H and O–H groups in total. The summed E-state index contributed by atoms with van der Waals surface area (Å²) in [4.78, 5) is 4.50. The second kappa shape index (κ2) is 5.34. The van der Waals surface area contributed by atoms with Gasteiger partial charge in [-0.15, -0.1) is 11.3 Å². The van der Waals surface area contributed by atoms with Crippen molar-refractivity contribution in [2.75, 3.05) is 5.73 Å². The monoisotopic (exact) mass is 348 g/mol. The van der Waals surface area contributed by atoms with Crippen LogP contribution in [0.2, 0.25) is 0 Å². The van der Waals surface area contributed by atoms with Gasteiger partial charge in [-0.05, 0) is 30.3 Å². The summed E-state index contributed by atoms with van der Waals surface area (Å²) in [5.41, 5.74) is 8.52. The lowest BCUT2D eigenvalue weighted by Gasteiger charge is -2.00. The molecule has 5 heteroatoms. The summed E-state index contributed by atoms with van der Waals surface area (Å²) in [6, 6.07) is 12.3. The van der Waals surface area contributed by atoms with Crippen molar-refractivity contribution < 1.29 is 4.39 Å². The third-order valence-corrected chi connectivity index (χ3v) is 4.23. The zero-order valence-corrected chi connectivity index (χ0v) is 12.7. The van der Waals surface area contributed by atoms with Crippen molar-refractivity contribution in [3.8, 4) is 21.8 Å². The van der Waals surface area contributed by atoms with E-state index in [9.17, 15) is 4.39 Å². The predicted molar refractivity (Wildman–Crippen MR) is 85.1 cm³/mol. The first-order chi connectivity index (χ1) is 9.63. The van der Waals surface area contributed by atoms with E-state index in [-0.39, 0.29) is 5.82 Å². The van der Waals surface area contributed by atoms with Crippen molar-refractivity contribution in [1.29, 1.82) is 0 Å². The van der Waals surface area contributed by atoms with Crippen LogP contribution in [-0.4, -0.2) is 4.98 Å². The van der Waals surface area contributed by atoms with E-state index in [0.29, 0.717) is 16.9 Å². The lowest BCUT2D eigenvalue weighted by molar-refractivity contribution is 0.630. The molecule has 0 aliphatic carbocycles. The molecule has 0 bridgehead atoms. The number of aromatic nitrogens is 1. The van der Waals surface area contributed by atoms with Crippen molar-refractivity contribution in [3.63, 3.8) is 0 Å². The van der Waals surface area contributed by atoms with E-state index in [0.717, 1.165) is 15.0 Å². The normalized spacial score (nSPS) is 10.7. The molecule has 0 aliphatic heterocycles. The zero-order valence-electron chi connectivity index (χ0n) is 10.3. The van der Waals surface area contributed by atoms with Crippen molar-refractivity contribution in [3.05, 3.63) is 58.1 Å². The molecule has 2 aromatic carbocycles. The fourth-order valence-corrected chi connectivity index (χ4v) is 3.07. The molecule has 0 radical (unpaired) electrons. The molecule has 100 valence electrons. The van der Waals surface area contributed by atoms with Crippen LogP contribution in [0.5, 0.6) is 0 Å². The lowest BCUT2D eigenvalue weighted by atomic mass is 10.1. The Bertz CT molecular complexity index is 770. The van der Waals surface area contributed by atoms with E-state index < -0.39 is 0 Å². The summed E-state index contributed by atoms with van der Waals surface area (Å²) < 4.78 is 14.7. The first-order valence-electron chi connectivity index (χ1n) is 5.90. The van der Waals surface area contributed by atoms with Gasteiger partial charge >= 0.3 is 0 Å². The molecule has 0 fully saturated rings. The molecule has 1 aromatic heterocycles. The van der Waals surface area contributed by atoms with Gasteiger partial charge in [0.2, 0.25) is 0 Å². The van der Waals surface area contributed by atoms with E-state index in [1.54, 1.807) is 12.1 Å². The van der Waals surface area contributed by atoms with Gasteiger partial charge in [-0.25, -0.2) is 9.37 Å². The second-order valence-corrected chi connectivity index (χ2v) is 6.06. The third-order valence-electron chi connectivity index (χ3n) is 2.84. The Labute approximate surface area is 128 Å². The van der Waals surface area contributed by atoms with Gasteiger partial charge in [-0.2, -0.15) is 0 Å². The Balaban J connectivity index is 2.04. The average molecular weight is 349 g/mol. The second-order valence-electron chi connectivity index (χ2n) is 4.29. The van der Waals surface area contributed by atoms with E-state index in [2.05, 4.69) is 20.9 Å². The van der Waals surface area contributed by atoms with Crippen LogP contribution in [0.25, 0.3) is 21.8 Å². The van der Waals surface area contributed by atoms with Crippen molar-refractivity contribution >= 4 is 33.0 Å². The minimum atomic E-state index is -0.280. The molecule has 0 aliphatic rings. The number of anilines is 1. The number of benzene rings is 2. The Hall–Kier alpha value is -1.72. The Morgan fingerprint density at radius 1 is 1.15 bits per heavy atom. The highest BCUT2D eigenvalue weighted by atomic mass is 79.9. The quantitative estimate of drug-likeness (QED) is 0.664. The van der Waals surface area contributed by atoms with E-state index >= 15 is 0 Å².